The molecule has 1 fully saturated rings. The second-order valence-electron chi connectivity index (χ2n) is 5.04. The summed E-state index contributed by atoms with van der Waals surface area (Å²) in [6.07, 6.45) is 0. The molecule has 20 heavy (non-hydrogen) atoms. The fraction of sp³-hybridized carbons (Fsp3) is 0.533. The van der Waals surface area contributed by atoms with Gasteiger partial charge in [-0.15, -0.1) is 0 Å². The predicted molar refractivity (Wildman–Crippen MR) is 77.3 cm³/mol. The lowest BCUT2D eigenvalue weighted by Crippen LogP contribution is -2.45. The molecule has 0 unspecified atom stereocenters. The zero-order valence-electron chi connectivity index (χ0n) is 12.1. The van der Waals surface area contributed by atoms with Gasteiger partial charge in [-0.3, -0.25) is 4.90 Å². The number of carboxylic acid groups (broad SMARTS) is 1. The van der Waals surface area contributed by atoms with Crippen LogP contribution in [0.1, 0.15) is 22.8 Å². The number of ether oxygens (including phenoxy) is 1. The monoisotopic (exact) mass is 278 g/mol. The van der Waals surface area contributed by atoms with Crippen molar-refractivity contribution in [3.8, 4) is 5.75 Å². The van der Waals surface area contributed by atoms with Gasteiger partial charge in [0.25, 0.3) is 0 Å². The third kappa shape index (κ3) is 3.49. The quantitative estimate of drug-likeness (QED) is 0.885. The van der Waals surface area contributed by atoms with E-state index in [0.29, 0.717) is 5.56 Å². The maximum Gasteiger partial charge on any atom is 0.335 e. The van der Waals surface area contributed by atoms with E-state index in [0.717, 1.165) is 50.6 Å². The van der Waals surface area contributed by atoms with E-state index in [1.54, 1.807) is 25.3 Å². The molecule has 1 N–H and O–H groups in total. The Balaban J connectivity index is 2.08. The number of likely N-dealkylation sites (N-methyl/N-ethyl adjacent to an activating group) is 1. The SMILES string of the molecule is CCN1CCN(Cc2cc(C(=O)O)ccc2OC)CC1. The highest BCUT2D eigenvalue weighted by atomic mass is 16.5. The fourth-order valence-electron chi connectivity index (χ4n) is 2.54. The number of hydrogen-bond donors (Lipinski definition) is 1. The summed E-state index contributed by atoms with van der Waals surface area (Å²) < 4.78 is 5.33. The van der Waals surface area contributed by atoms with Gasteiger partial charge in [0.15, 0.2) is 0 Å². The molecule has 0 atom stereocenters. The fourth-order valence-corrected chi connectivity index (χ4v) is 2.54. The van der Waals surface area contributed by atoms with Gasteiger partial charge in [-0.25, -0.2) is 4.79 Å². The van der Waals surface area contributed by atoms with E-state index in [4.69, 9.17) is 9.84 Å². The van der Waals surface area contributed by atoms with Crippen molar-refractivity contribution in [3.05, 3.63) is 29.3 Å². The third-order valence-electron chi connectivity index (χ3n) is 3.83. The molecule has 1 heterocycles. The molecule has 1 aromatic carbocycles. The average Bonchev–Trinajstić information content (AvgIpc) is 2.48. The van der Waals surface area contributed by atoms with Crippen LogP contribution in [0, 0.1) is 0 Å². The maximum atomic E-state index is 11.1. The molecule has 0 aliphatic carbocycles. The maximum absolute atomic E-state index is 11.1. The van der Waals surface area contributed by atoms with Crippen molar-refractivity contribution in [2.24, 2.45) is 0 Å². The topological polar surface area (TPSA) is 53.0 Å². The number of nitrogens with zero attached hydrogens (tertiary/aromatic N) is 2. The first-order valence-electron chi connectivity index (χ1n) is 6.99. The molecule has 1 aromatic rings. The van der Waals surface area contributed by atoms with Gasteiger partial charge in [0.2, 0.25) is 0 Å². The van der Waals surface area contributed by atoms with E-state index in [9.17, 15) is 4.79 Å². The van der Waals surface area contributed by atoms with E-state index in [2.05, 4.69) is 16.7 Å². The molecule has 1 aliphatic heterocycles. The first kappa shape index (κ1) is 14.8. The van der Waals surface area contributed by atoms with Crippen molar-refractivity contribution in [2.45, 2.75) is 13.5 Å². The molecule has 0 spiro atoms. The van der Waals surface area contributed by atoms with Crippen LogP contribution in [0.5, 0.6) is 5.75 Å². The molecule has 2 rings (SSSR count). The summed E-state index contributed by atoms with van der Waals surface area (Å²) >= 11 is 0. The summed E-state index contributed by atoms with van der Waals surface area (Å²) in [5, 5.41) is 9.08. The molecular formula is C15H22N2O3. The number of methoxy groups -OCH3 is 1. The molecule has 0 radical (unpaired) electrons. The van der Waals surface area contributed by atoms with Crippen molar-refractivity contribution in [1.82, 2.24) is 9.80 Å². The van der Waals surface area contributed by atoms with Gasteiger partial charge in [-0.2, -0.15) is 0 Å². The standard InChI is InChI=1S/C15H22N2O3/c1-3-16-6-8-17(9-7-16)11-13-10-12(15(18)19)4-5-14(13)20-2/h4-5,10H,3,6-9,11H2,1-2H3,(H,18,19). The summed E-state index contributed by atoms with van der Waals surface area (Å²) in [5.74, 6) is -0.141. The minimum atomic E-state index is -0.898. The Hall–Kier alpha value is -1.59. The van der Waals surface area contributed by atoms with E-state index < -0.39 is 5.97 Å². The molecule has 1 aliphatic rings. The highest BCUT2D eigenvalue weighted by Gasteiger charge is 2.18. The number of hydrogen-bond acceptors (Lipinski definition) is 4. The minimum Gasteiger partial charge on any atom is -0.496 e. The van der Waals surface area contributed by atoms with Crippen LogP contribution in [0.4, 0.5) is 0 Å². The Labute approximate surface area is 119 Å². The first-order chi connectivity index (χ1) is 9.63. The normalized spacial score (nSPS) is 17.1. The van der Waals surface area contributed by atoms with Crippen LogP contribution in [0.15, 0.2) is 18.2 Å². The van der Waals surface area contributed by atoms with Crippen LogP contribution in [-0.4, -0.2) is 60.7 Å². The number of rotatable bonds is 5. The van der Waals surface area contributed by atoms with Crippen molar-refractivity contribution >= 4 is 5.97 Å². The van der Waals surface area contributed by atoms with Crippen LogP contribution in [0.25, 0.3) is 0 Å². The lowest BCUT2D eigenvalue weighted by molar-refractivity contribution is 0.0696. The lowest BCUT2D eigenvalue weighted by Gasteiger charge is -2.34. The Morgan fingerprint density at radius 2 is 1.90 bits per heavy atom. The summed E-state index contributed by atoms with van der Waals surface area (Å²) in [6.45, 7) is 8.15. The zero-order chi connectivity index (χ0) is 14.5. The first-order valence-corrected chi connectivity index (χ1v) is 6.99. The van der Waals surface area contributed by atoms with Crippen LogP contribution in [-0.2, 0) is 6.54 Å². The van der Waals surface area contributed by atoms with Crippen LogP contribution >= 0.6 is 0 Å². The molecular weight excluding hydrogens is 256 g/mol. The minimum absolute atomic E-state index is 0.313. The number of aromatic carboxylic acids is 1. The number of carboxylic acids is 1. The third-order valence-corrected chi connectivity index (χ3v) is 3.83. The molecule has 1 saturated heterocycles. The second kappa shape index (κ2) is 6.72. The average molecular weight is 278 g/mol. The van der Waals surface area contributed by atoms with Gasteiger partial charge in [0.05, 0.1) is 12.7 Å². The van der Waals surface area contributed by atoms with E-state index in [1.807, 2.05) is 0 Å². The van der Waals surface area contributed by atoms with Crippen LogP contribution in [0.2, 0.25) is 0 Å². The number of carbonyl (C=O) groups is 1. The van der Waals surface area contributed by atoms with E-state index in [1.165, 1.54) is 0 Å². The van der Waals surface area contributed by atoms with Crippen molar-refractivity contribution in [2.75, 3.05) is 39.8 Å². The molecule has 110 valence electrons. The van der Waals surface area contributed by atoms with Crippen molar-refractivity contribution < 1.29 is 14.6 Å². The second-order valence-corrected chi connectivity index (χ2v) is 5.04. The summed E-state index contributed by atoms with van der Waals surface area (Å²) in [4.78, 5) is 15.8. The van der Waals surface area contributed by atoms with Crippen LogP contribution in [0.3, 0.4) is 0 Å². The Kier molecular flexibility index (Phi) is 4.98. The van der Waals surface area contributed by atoms with Gasteiger partial charge in [-0.1, -0.05) is 6.92 Å². The molecule has 5 heteroatoms. The molecule has 0 amide bonds. The molecule has 0 aromatic heterocycles. The van der Waals surface area contributed by atoms with Gasteiger partial charge in [0.1, 0.15) is 5.75 Å². The van der Waals surface area contributed by atoms with Gasteiger partial charge in [0, 0.05) is 38.3 Å². The largest absolute Gasteiger partial charge is 0.496 e. The van der Waals surface area contributed by atoms with E-state index in [-0.39, 0.29) is 0 Å². The molecule has 0 saturated carbocycles. The van der Waals surface area contributed by atoms with Gasteiger partial charge < -0.3 is 14.7 Å². The Bertz CT molecular complexity index is 468. The Morgan fingerprint density at radius 1 is 1.25 bits per heavy atom. The molecule has 5 nitrogen and oxygen atoms in total. The van der Waals surface area contributed by atoms with E-state index >= 15 is 0 Å². The predicted octanol–water partition coefficient (Wildman–Crippen LogP) is 1.53. The van der Waals surface area contributed by atoms with Crippen LogP contribution < -0.4 is 4.74 Å². The van der Waals surface area contributed by atoms with Crippen molar-refractivity contribution in [3.63, 3.8) is 0 Å². The summed E-state index contributed by atoms with van der Waals surface area (Å²) in [6, 6.07) is 5.04. The zero-order valence-corrected chi connectivity index (χ0v) is 12.1. The number of piperazine rings is 1. The molecule has 0 bridgehead atoms. The van der Waals surface area contributed by atoms with Gasteiger partial charge >= 0.3 is 5.97 Å². The highest BCUT2D eigenvalue weighted by molar-refractivity contribution is 5.88. The summed E-state index contributed by atoms with van der Waals surface area (Å²) in [7, 11) is 1.62. The summed E-state index contributed by atoms with van der Waals surface area (Å²) in [5.41, 5.74) is 1.25. The highest BCUT2D eigenvalue weighted by Crippen LogP contribution is 2.22. The lowest BCUT2D eigenvalue weighted by atomic mass is 10.1. The Morgan fingerprint density at radius 3 is 2.45 bits per heavy atom. The van der Waals surface area contributed by atoms with Crippen molar-refractivity contribution in [1.29, 1.82) is 0 Å². The smallest absolute Gasteiger partial charge is 0.335 e. The van der Waals surface area contributed by atoms with Gasteiger partial charge in [-0.05, 0) is 24.7 Å². The number of benzene rings is 1.